The van der Waals surface area contributed by atoms with Gasteiger partial charge in [-0.15, -0.1) is 0 Å². The van der Waals surface area contributed by atoms with E-state index in [-0.39, 0.29) is 0 Å². The summed E-state index contributed by atoms with van der Waals surface area (Å²) in [5.74, 6) is -6.23. The highest BCUT2D eigenvalue weighted by molar-refractivity contribution is 5.82. The molecule has 1 N–H and O–H groups in total. The topological polar surface area (TPSA) is 144 Å². The average molecular weight is 443 g/mol. The number of carbonyl (C=O) groups is 5. The first-order valence-corrected chi connectivity index (χ1v) is 8.40. The van der Waals surface area contributed by atoms with Gasteiger partial charge < -0.3 is 29.0 Å². The number of hydrogen-bond donors (Lipinski definition) is 1. The Labute approximate surface area is 168 Å². The zero-order valence-electron chi connectivity index (χ0n) is 16.3. The first kappa shape index (κ1) is 25.1. The van der Waals surface area contributed by atoms with E-state index in [0.29, 0.717) is 0 Å². The molecule has 11 nitrogen and oxygen atoms in total. The van der Waals surface area contributed by atoms with Crippen LogP contribution in [0.5, 0.6) is 0 Å². The van der Waals surface area contributed by atoms with Gasteiger partial charge in [0.1, 0.15) is 18.8 Å². The van der Waals surface area contributed by atoms with Crippen LogP contribution in [0.1, 0.15) is 27.7 Å². The van der Waals surface area contributed by atoms with Crippen molar-refractivity contribution in [2.24, 2.45) is 0 Å². The quantitative estimate of drug-likeness (QED) is 0.431. The Morgan fingerprint density at radius 3 is 1.77 bits per heavy atom. The molecule has 0 spiro atoms. The fraction of sp³-hybridized carbons (Fsp3) is 0.688. The molecule has 0 aromatic heterocycles. The highest BCUT2D eigenvalue weighted by atomic mass is 19.4. The highest BCUT2D eigenvalue weighted by Crippen LogP contribution is 2.29. The Bertz CT molecular complexity index is 695. The third kappa shape index (κ3) is 7.50. The van der Waals surface area contributed by atoms with E-state index in [9.17, 15) is 37.1 Å². The van der Waals surface area contributed by atoms with Crippen molar-refractivity contribution in [1.82, 2.24) is 5.32 Å². The average Bonchev–Trinajstić information content (AvgIpc) is 2.56. The van der Waals surface area contributed by atoms with E-state index in [1.54, 1.807) is 5.32 Å². The maximum atomic E-state index is 12.8. The van der Waals surface area contributed by atoms with Gasteiger partial charge in [0.05, 0.1) is 0 Å². The van der Waals surface area contributed by atoms with Gasteiger partial charge in [0.25, 0.3) is 0 Å². The molecule has 0 aromatic carbocycles. The summed E-state index contributed by atoms with van der Waals surface area (Å²) >= 11 is 0. The Hall–Kier alpha value is -2.90. The van der Waals surface area contributed by atoms with Crippen molar-refractivity contribution >= 4 is 29.8 Å². The van der Waals surface area contributed by atoms with Crippen LogP contribution in [0.2, 0.25) is 0 Å². The van der Waals surface area contributed by atoms with E-state index in [1.807, 2.05) is 0 Å². The molecule has 0 bridgehead atoms. The number of nitrogens with one attached hydrogen (secondary N) is 1. The van der Waals surface area contributed by atoms with Crippen molar-refractivity contribution in [1.29, 1.82) is 0 Å². The third-order valence-electron chi connectivity index (χ3n) is 3.54. The standard InChI is InChI=1S/C16H20F3NO10/c1-6(21)26-5-10-12(27-7(2)22)11(20-15(25)16(17,18)19)13(28-8(3)23)14(30-10)29-9(4)24/h10-14H,5H2,1-4H3,(H,20,25)/t10-,11+,12+,13+,14-/m0/s1. The van der Waals surface area contributed by atoms with Crippen molar-refractivity contribution in [2.75, 3.05) is 6.61 Å². The second-order valence-corrected chi connectivity index (χ2v) is 6.10. The SMILES string of the molecule is CC(=O)OC[C@@H]1O[C@H](OC(C)=O)[C@H](OC(C)=O)[C@H](NC(=O)C(F)(F)F)[C@@H]1OC(C)=O. The van der Waals surface area contributed by atoms with E-state index in [1.165, 1.54) is 0 Å². The van der Waals surface area contributed by atoms with Crippen LogP contribution in [-0.4, -0.2) is 73.2 Å². The van der Waals surface area contributed by atoms with Crippen LogP contribution in [0.15, 0.2) is 0 Å². The fourth-order valence-electron chi connectivity index (χ4n) is 2.57. The molecular formula is C16H20F3NO10. The second-order valence-electron chi connectivity index (χ2n) is 6.10. The molecule has 0 unspecified atom stereocenters. The predicted octanol–water partition coefficient (Wildman–Crippen LogP) is -0.252. The van der Waals surface area contributed by atoms with E-state index in [4.69, 9.17) is 23.7 Å². The lowest BCUT2D eigenvalue weighted by molar-refractivity contribution is -0.278. The van der Waals surface area contributed by atoms with Gasteiger partial charge in [-0.25, -0.2) is 0 Å². The number of halogens is 3. The second kappa shape index (κ2) is 10.2. The molecule has 14 heteroatoms. The lowest BCUT2D eigenvalue weighted by Crippen LogP contribution is -2.68. The smallest absolute Gasteiger partial charge is 0.463 e. The molecule has 1 heterocycles. The third-order valence-corrected chi connectivity index (χ3v) is 3.54. The summed E-state index contributed by atoms with van der Waals surface area (Å²) in [5.41, 5.74) is 0. The minimum absolute atomic E-state index is 0.643. The number of carbonyl (C=O) groups excluding carboxylic acids is 5. The van der Waals surface area contributed by atoms with Crippen LogP contribution in [0.4, 0.5) is 13.2 Å². The Morgan fingerprint density at radius 1 is 0.833 bits per heavy atom. The summed E-state index contributed by atoms with van der Waals surface area (Å²) in [6.45, 7) is 3.15. The maximum absolute atomic E-state index is 12.8. The lowest BCUT2D eigenvalue weighted by atomic mass is 9.95. The molecule has 30 heavy (non-hydrogen) atoms. The number of amides is 1. The summed E-state index contributed by atoms with van der Waals surface area (Å²) in [5, 5.41) is 1.56. The van der Waals surface area contributed by atoms with Crippen LogP contribution in [0.25, 0.3) is 0 Å². The molecule has 0 radical (unpaired) electrons. The Kier molecular flexibility index (Phi) is 8.57. The van der Waals surface area contributed by atoms with Gasteiger partial charge in [-0.1, -0.05) is 0 Å². The molecule has 0 saturated carbocycles. The molecule has 170 valence electrons. The van der Waals surface area contributed by atoms with Gasteiger partial charge in [-0.05, 0) is 0 Å². The van der Waals surface area contributed by atoms with Crippen LogP contribution in [0.3, 0.4) is 0 Å². The lowest BCUT2D eigenvalue weighted by Gasteiger charge is -2.44. The minimum atomic E-state index is -5.35. The summed E-state index contributed by atoms with van der Waals surface area (Å²) in [6.07, 6.45) is -12.2. The van der Waals surface area contributed by atoms with E-state index in [0.717, 1.165) is 27.7 Å². The number of ether oxygens (including phenoxy) is 5. The summed E-state index contributed by atoms with van der Waals surface area (Å²) in [6, 6.07) is -1.87. The number of rotatable bonds is 6. The molecule has 5 atom stereocenters. The number of alkyl halides is 3. The normalized spacial score (nSPS) is 26.2. The first-order chi connectivity index (χ1) is 13.7. The van der Waals surface area contributed by atoms with Crippen molar-refractivity contribution in [3.05, 3.63) is 0 Å². The molecule has 1 fully saturated rings. The van der Waals surface area contributed by atoms with Crippen molar-refractivity contribution in [3.63, 3.8) is 0 Å². The van der Waals surface area contributed by atoms with Gasteiger partial charge in [0, 0.05) is 27.7 Å². The van der Waals surface area contributed by atoms with Crippen LogP contribution >= 0.6 is 0 Å². The largest absolute Gasteiger partial charge is 0.471 e. The number of hydrogen-bond acceptors (Lipinski definition) is 10. The summed E-state index contributed by atoms with van der Waals surface area (Å²) < 4.78 is 63.3. The first-order valence-electron chi connectivity index (χ1n) is 8.40. The number of esters is 4. The Morgan fingerprint density at radius 2 is 1.33 bits per heavy atom. The van der Waals surface area contributed by atoms with Gasteiger partial charge in [-0.2, -0.15) is 13.2 Å². The van der Waals surface area contributed by atoms with Crippen LogP contribution in [-0.2, 0) is 47.7 Å². The van der Waals surface area contributed by atoms with E-state index < -0.39 is 73.2 Å². The monoisotopic (exact) mass is 443 g/mol. The zero-order valence-corrected chi connectivity index (χ0v) is 16.3. The van der Waals surface area contributed by atoms with Gasteiger partial charge >= 0.3 is 36.0 Å². The van der Waals surface area contributed by atoms with Crippen molar-refractivity contribution < 1.29 is 60.8 Å². The van der Waals surface area contributed by atoms with Gasteiger partial charge in [0.15, 0.2) is 12.2 Å². The summed E-state index contributed by atoms with van der Waals surface area (Å²) in [7, 11) is 0. The zero-order chi connectivity index (χ0) is 23.2. The molecule has 1 aliphatic heterocycles. The van der Waals surface area contributed by atoms with Gasteiger partial charge in [-0.3, -0.25) is 24.0 Å². The highest BCUT2D eigenvalue weighted by Gasteiger charge is 2.54. The molecule has 1 rings (SSSR count). The van der Waals surface area contributed by atoms with E-state index in [2.05, 4.69) is 0 Å². The molecular weight excluding hydrogens is 423 g/mol. The predicted molar refractivity (Wildman–Crippen MR) is 86.2 cm³/mol. The molecule has 1 saturated heterocycles. The molecule has 0 aromatic rings. The van der Waals surface area contributed by atoms with Gasteiger partial charge in [0.2, 0.25) is 6.29 Å². The van der Waals surface area contributed by atoms with Crippen LogP contribution < -0.4 is 5.32 Å². The minimum Gasteiger partial charge on any atom is -0.463 e. The molecule has 1 amide bonds. The van der Waals surface area contributed by atoms with Crippen molar-refractivity contribution in [2.45, 2.75) is 64.5 Å². The van der Waals surface area contributed by atoms with Crippen molar-refractivity contribution in [3.8, 4) is 0 Å². The van der Waals surface area contributed by atoms with Crippen LogP contribution in [0, 0.1) is 0 Å². The maximum Gasteiger partial charge on any atom is 0.471 e. The molecule has 1 aliphatic rings. The summed E-state index contributed by atoms with van der Waals surface area (Å²) in [4.78, 5) is 57.0. The van der Waals surface area contributed by atoms with E-state index >= 15 is 0 Å². The Balaban J connectivity index is 3.41. The fourth-order valence-corrected chi connectivity index (χ4v) is 2.57. The molecule has 0 aliphatic carbocycles.